The predicted molar refractivity (Wildman–Crippen MR) is 79.0 cm³/mol. The summed E-state index contributed by atoms with van der Waals surface area (Å²) in [4.78, 5) is 0. The monoisotopic (exact) mass is 266 g/mol. The number of nitrogens with zero attached hydrogens (tertiary/aromatic N) is 1. The van der Waals surface area contributed by atoms with Crippen LogP contribution in [-0.4, -0.2) is 24.8 Å². The molecule has 0 spiro atoms. The number of rotatable bonds is 8. The molecule has 0 saturated heterocycles. The summed E-state index contributed by atoms with van der Waals surface area (Å²) >= 11 is 0. The van der Waals surface area contributed by atoms with Gasteiger partial charge in [-0.2, -0.15) is 5.26 Å². The average Bonchev–Trinajstić information content (AvgIpc) is 2.44. The minimum Gasteiger partial charge on any atom is -0.375 e. The summed E-state index contributed by atoms with van der Waals surface area (Å²) in [6.07, 6.45) is 10.9. The van der Waals surface area contributed by atoms with Crippen LogP contribution in [0.1, 0.15) is 71.6 Å². The summed E-state index contributed by atoms with van der Waals surface area (Å²) in [6.45, 7) is 4.41. The predicted octanol–water partition coefficient (Wildman–Crippen LogP) is 3.79. The Hall–Kier alpha value is -0.590. The van der Waals surface area contributed by atoms with E-state index in [2.05, 4.69) is 25.2 Å². The fourth-order valence-corrected chi connectivity index (χ4v) is 2.98. The lowest BCUT2D eigenvalue weighted by atomic mass is 9.81. The molecule has 1 rings (SSSR count). The first-order valence-electron chi connectivity index (χ1n) is 7.91. The molecular weight excluding hydrogens is 236 g/mol. The van der Waals surface area contributed by atoms with E-state index < -0.39 is 0 Å². The topological polar surface area (TPSA) is 45.0 Å². The molecule has 1 aliphatic carbocycles. The van der Waals surface area contributed by atoms with Crippen LogP contribution in [0.4, 0.5) is 0 Å². The highest BCUT2D eigenvalue weighted by molar-refractivity contribution is 5.09. The van der Waals surface area contributed by atoms with Gasteiger partial charge in [-0.05, 0) is 39.7 Å². The Kier molecular flexibility index (Phi) is 7.41. The van der Waals surface area contributed by atoms with Crippen molar-refractivity contribution < 1.29 is 4.74 Å². The zero-order valence-electron chi connectivity index (χ0n) is 12.9. The number of hydrogen-bond acceptors (Lipinski definition) is 3. The fraction of sp³-hybridized carbons (Fsp3) is 0.938. The molecule has 0 radical (unpaired) electrons. The standard InChI is InChI=1S/C16H30N2O/c1-4-5-6-7-9-14(2)19-15-10-8-11-16(12-15,13-17)18-3/h14-15,18H,4-12H2,1-3H3. The Morgan fingerprint density at radius 2 is 2.21 bits per heavy atom. The SMILES string of the molecule is CCCCCCC(C)OC1CCCC(C#N)(NC)C1. The van der Waals surface area contributed by atoms with Crippen molar-refractivity contribution in [2.75, 3.05) is 7.05 Å². The van der Waals surface area contributed by atoms with Gasteiger partial charge in [-0.3, -0.25) is 0 Å². The zero-order chi connectivity index (χ0) is 14.1. The maximum atomic E-state index is 9.33. The molecule has 1 aliphatic rings. The van der Waals surface area contributed by atoms with Gasteiger partial charge in [0.05, 0.1) is 18.3 Å². The summed E-state index contributed by atoms with van der Waals surface area (Å²) in [5.74, 6) is 0. The Labute approximate surface area is 118 Å². The molecule has 0 amide bonds. The molecule has 3 atom stereocenters. The van der Waals surface area contributed by atoms with Gasteiger partial charge in [-0.15, -0.1) is 0 Å². The summed E-state index contributed by atoms with van der Waals surface area (Å²) in [7, 11) is 1.89. The molecule has 0 aromatic carbocycles. The van der Waals surface area contributed by atoms with Crippen LogP contribution in [0.2, 0.25) is 0 Å². The van der Waals surface area contributed by atoms with Gasteiger partial charge in [0.25, 0.3) is 0 Å². The first-order chi connectivity index (χ1) is 9.15. The molecule has 0 aromatic heterocycles. The highest BCUT2D eigenvalue weighted by Crippen LogP contribution is 2.30. The van der Waals surface area contributed by atoms with Crippen LogP contribution in [0, 0.1) is 11.3 Å². The van der Waals surface area contributed by atoms with E-state index in [0.29, 0.717) is 6.10 Å². The van der Waals surface area contributed by atoms with E-state index >= 15 is 0 Å². The van der Waals surface area contributed by atoms with Crippen molar-refractivity contribution in [3.63, 3.8) is 0 Å². The molecule has 19 heavy (non-hydrogen) atoms. The Morgan fingerprint density at radius 1 is 1.42 bits per heavy atom. The molecule has 0 aliphatic heterocycles. The van der Waals surface area contributed by atoms with Crippen molar-refractivity contribution in [2.24, 2.45) is 0 Å². The lowest BCUT2D eigenvalue weighted by molar-refractivity contribution is -0.0376. The molecule has 1 saturated carbocycles. The third-order valence-electron chi connectivity index (χ3n) is 4.29. The number of hydrogen-bond donors (Lipinski definition) is 1. The zero-order valence-corrected chi connectivity index (χ0v) is 12.9. The Balaban J connectivity index is 2.30. The van der Waals surface area contributed by atoms with E-state index in [4.69, 9.17) is 4.74 Å². The van der Waals surface area contributed by atoms with Gasteiger partial charge in [0.2, 0.25) is 0 Å². The second kappa shape index (κ2) is 8.55. The maximum Gasteiger partial charge on any atom is 0.109 e. The van der Waals surface area contributed by atoms with Crippen LogP contribution in [-0.2, 0) is 4.74 Å². The van der Waals surface area contributed by atoms with Crippen LogP contribution in [0.15, 0.2) is 0 Å². The van der Waals surface area contributed by atoms with Crippen molar-refractivity contribution in [1.29, 1.82) is 5.26 Å². The molecule has 1 N–H and O–H groups in total. The van der Waals surface area contributed by atoms with Crippen molar-refractivity contribution in [3.8, 4) is 6.07 Å². The van der Waals surface area contributed by atoms with Gasteiger partial charge in [-0.25, -0.2) is 0 Å². The van der Waals surface area contributed by atoms with Crippen molar-refractivity contribution in [2.45, 2.75) is 89.4 Å². The normalized spacial score (nSPS) is 28.8. The summed E-state index contributed by atoms with van der Waals surface area (Å²) in [5.41, 5.74) is -0.356. The van der Waals surface area contributed by atoms with Gasteiger partial charge >= 0.3 is 0 Å². The molecule has 3 nitrogen and oxygen atoms in total. The second-order valence-corrected chi connectivity index (χ2v) is 5.96. The number of unbranched alkanes of at least 4 members (excludes halogenated alkanes) is 3. The van der Waals surface area contributed by atoms with E-state index in [0.717, 1.165) is 32.1 Å². The summed E-state index contributed by atoms with van der Waals surface area (Å²) in [6, 6.07) is 2.44. The molecule has 0 bridgehead atoms. The van der Waals surface area contributed by atoms with Gasteiger partial charge in [-0.1, -0.05) is 32.6 Å². The van der Waals surface area contributed by atoms with Gasteiger partial charge < -0.3 is 10.1 Å². The molecular formula is C16H30N2O. The van der Waals surface area contributed by atoms with Gasteiger partial charge in [0, 0.05) is 6.42 Å². The Bertz CT molecular complexity index is 287. The molecule has 110 valence electrons. The minimum absolute atomic E-state index is 0.252. The summed E-state index contributed by atoms with van der Waals surface area (Å²) < 4.78 is 6.14. The smallest absolute Gasteiger partial charge is 0.109 e. The van der Waals surface area contributed by atoms with E-state index in [1.54, 1.807) is 0 Å². The van der Waals surface area contributed by atoms with Crippen LogP contribution in [0.25, 0.3) is 0 Å². The molecule has 0 heterocycles. The molecule has 1 fully saturated rings. The lowest BCUT2D eigenvalue weighted by Crippen LogP contribution is -2.48. The average molecular weight is 266 g/mol. The van der Waals surface area contributed by atoms with E-state index in [1.807, 2.05) is 7.05 Å². The van der Waals surface area contributed by atoms with Crippen LogP contribution in [0.5, 0.6) is 0 Å². The van der Waals surface area contributed by atoms with E-state index in [1.165, 1.54) is 25.7 Å². The maximum absolute atomic E-state index is 9.33. The number of ether oxygens (including phenoxy) is 1. The van der Waals surface area contributed by atoms with E-state index in [9.17, 15) is 5.26 Å². The molecule has 3 heteroatoms. The quantitative estimate of drug-likeness (QED) is 0.680. The minimum atomic E-state index is -0.356. The number of nitrogens with one attached hydrogen (secondary N) is 1. The van der Waals surface area contributed by atoms with Crippen LogP contribution in [0.3, 0.4) is 0 Å². The number of nitriles is 1. The van der Waals surface area contributed by atoms with Crippen LogP contribution < -0.4 is 5.32 Å². The second-order valence-electron chi connectivity index (χ2n) is 5.96. The van der Waals surface area contributed by atoms with Crippen molar-refractivity contribution >= 4 is 0 Å². The van der Waals surface area contributed by atoms with Gasteiger partial charge in [0.15, 0.2) is 0 Å². The fourth-order valence-electron chi connectivity index (χ4n) is 2.98. The van der Waals surface area contributed by atoms with Gasteiger partial charge in [0.1, 0.15) is 5.54 Å². The summed E-state index contributed by atoms with van der Waals surface area (Å²) in [5, 5.41) is 12.5. The van der Waals surface area contributed by atoms with Crippen molar-refractivity contribution in [1.82, 2.24) is 5.32 Å². The third-order valence-corrected chi connectivity index (χ3v) is 4.29. The largest absolute Gasteiger partial charge is 0.375 e. The van der Waals surface area contributed by atoms with E-state index in [-0.39, 0.29) is 11.6 Å². The third kappa shape index (κ3) is 5.50. The Morgan fingerprint density at radius 3 is 2.84 bits per heavy atom. The van der Waals surface area contributed by atoms with Crippen LogP contribution >= 0.6 is 0 Å². The molecule has 3 unspecified atom stereocenters. The highest BCUT2D eigenvalue weighted by atomic mass is 16.5. The first-order valence-corrected chi connectivity index (χ1v) is 7.91. The highest BCUT2D eigenvalue weighted by Gasteiger charge is 2.36. The van der Waals surface area contributed by atoms with Crippen molar-refractivity contribution in [3.05, 3.63) is 0 Å². The first kappa shape index (κ1) is 16.5. The molecule has 0 aromatic rings. The lowest BCUT2D eigenvalue weighted by Gasteiger charge is -2.36.